The van der Waals surface area contributed by atoms with Crippen LogP contribution in [-0.2, 0) is 10.0 Å². The van der Waals surface area contributed by atoms with Gasteiger partial charge < -0.3 is 9.84 Å². The predicted octanol–water partition coefficient (Wildman–Crippen LogP) is 3.19. The van der Waals surface area contributed by atoms with Gasteiger partial charge in [0.2, 0.25) is 5.96 Å². The number of anilines is 1. The summed E-state index contributed by atoms with van der Waals surface area (Å²) in [6.07, 6.45) is 1.39. The van der Waals surface area contributed by atoms with Crippen LogP contribution in [0.5, 0.6) is 0 Å². The zero-order valence-corrected chi connectivity index (χ0v) is 14.8. The standard InChI is InChI=1S/C14H11ClN4O4S2/c15-9-1-3-10(4-2-9)16-14(17-20)19-25(21,22)13-6-5-12(24-13)11-7-8-23-18-11/h1-8,20H,(H2,16,17,19). The molecule has 0 amide bonds. The Morgan fingerprint density at radius 3 is 2.60 bits per heavy atom. The normalized spacial score (nSPS) is 12.2. The van der Waals surface area contributed by atoms with Gasteiger partial charge in [0, 0.05) is 16.8 Å². The second-order valence-electron chi connectivity index (χ2n) is 4.66. The summed E-state index contributed by atoms with van der Waals surface area (Å²) in [6.45, 7) is 0. The molecule has 130 valence electrons. The number of guanidine groups is 1. The van der Waals surface area contributed by atoms with Gasteiger partial charge in [-0.05, 0) is 36.4 Å². The summed E-state index contributed by atoms with van der Waals surface area (Å²) >= 11 is 6.77. The highest BCUT2D eigenvalue weighted by Crippen LogP contribution is 2.30. The van der Waals surface area contributed by atoms with Crippen LogP contribution in [0.1, 0.15) is 0 Å². The fourth-order valence-electron chi connectivity index (χ4n) is 1.84. The first-order valence-electron chi connectivity index (χ1n) is 6.76. The van der Waals surface area contributed by atoms with E-state index >= 15 is 0 Å². The van der Waals surface area contributed by atoms with Crippen LogP contribution in [0.4, 0.5) is 5.69 Å². The Bertz CT molecular complexity index is 982. The molecule has 0 saturated carbocycles. The van der Waals surface area contributed by atoms with E-state index in [2.05, 4.69) is 14.9 Å². The molecule has 3 aromatic rings. The van der Waals surface area contributed by atoms with Gasteiger partial charge >= 0.3 is 0 Å². The quantitative estimate of drug-likeness (QED) is 0.351. The first-order chi connectivity index (χ1) is 12.0. The lowest BCUT2D eigenvalue weighted by atomic mass is 10.3. The molecule has 0 aliphatic rings. The second-order valence-corrected chi connectivity index (χ2v) is 8.01. The highest BCUT2D eigenvalue weighted by molar-refractivity contribution is 7.92. The Balaban J connectivity index is 1.85. The number of hydroxylamine groups is 1. The largest absolute Gasteiger partial charge is 0.364 e. The van der Waals surface area contributed by atoms with E-state index in [-0.39, 0.29) is 10.2 Å². The van der Waals surface area contributed by atoms with E-state index in [0.717, 1.165) is 11.3 Å². The summed E-state index contributed by atoms with van der Waals surface area (Å²) in [5.41, 5.74) is 2.75. The van der Waals surface area contributed by atoms with Crippen molar-refractivity contribution in [1.82, 2.24) is 10.6 Å². The van der Waals surface area contributed by atoms with E-state index in [1.165, 1.54) is 12.3 Å². The minimum Gasteiger partial charge on any atom is -0.364 e. The molecule has 0 unspecified atom stereocenters. The maximum absolute atomic E-state index is 12.4. The number of hydrogen-bond acceptors (Lipinski definition) is 6. The molecule has 11 heteroatoms. The van der Waals surface area contributed by atoms with Crippen molar-refractivity contribution in [2.24, 2.45) is 4.40 Å². The second kappa shape index (κ2) is 7.23. The Kier molecular flexibility index (Phi) is 5.04. The van der Waals surface area contributed by atoms with E-state index in [4.69, 9.17) is 21.3 Å². The fraction of sp³-hybridized carbons (Fsp3) is 0. The number of thiophene rings is 1. The van der Waals surface area contributed by atoms with E-state index < -0.39 is 10.0 Å². The van der Waals surface area contributed by atoms with Crippen LogP contribution < -0.4 is 10.8 Å². The van der Waals surface area contributed by atoms with Gasteiger partial charge in [0.1, 0.15) is 16.2 Å². The molecular weight excluding hydrogens is 388 g/mol. The summed E-state index contributed by atoms with van der Waals surface area (Å²) < 4.78 is 33.1. The summed E-state index contributed by atoms with van der Waals surface area (Å²) in [5, 5.41) is 16.1. The van der Waals surface area contributed by atoms with Crippen molar-refractivity contribution in [1.29, 1.82) is 0 Å². The van der Waals surface area contributed by atoms with Crippen molar-refractivity contribution >= 4 is 44.6 Å². The maximum atomic E-state index is 12.4. The smallest absolute Gasteiger partial charge is 0.295 e. The van der Waals surface area contributed by atoms with E-state index in [1.54, 1.807) is 41.9 Å². The molecular formula is C14H11ClN4O4S2. The van der Waals surface area contributed by atoms with Crippen molar-refractivity contribution in [3.8, 4) is 10.6 Å². The maximum Gasteiger partial charge on any atom is 0.295 e. The molecule has 8 nitrogen and oxygen atoms in total. The van der Waals surface area contributed by atoms with Crippen molar-refractivity contribution in [2.45, 2.75) is 4.21 Å². The number of hydrogen-bond donors (Lipinski definition) is 3. The lowest BCUT2D eigenvalue weighted by Gasteiger charge is -2.08. The van der Waals surface area contributed by atoms with Gasteiger partial charge in [0.05, 0.1) is 4.88 Å². The van der Waals surface area contributed by atoms with Gasteiger partial charge in [-0.25, -0.2) is 5.48 Å². The van der Waals surface area contributed by atoms with Crippen LogP contribution in [0.3, 0.4) is 0 Å². The zero-order chi connectivity index (χ0) is 17.9. The van der Waals surface area contributed by atoms with Crippen molar-refractivity contribution in [3.63, 3.8) is 0 Å². The third kappa shape index (κ3) is 4.17. The minimum atomic E-state index is -4.03. The topological polar surface area (TPSA) is 117 Å². The molecule has 2 aromatic heterocycles. The first-order valence-corrected chi connectivity index (χ1v) is 9.39. The average molecular weight is 399 g/mol. The molecule has 3 N–H and O–H groups in total. The van der Waals surface area contributed by atoms with E-state index in [9.17, 15) is 8.42 Å². The highest BCUT2D eigenvalue weighted by Gasteiger charge is 2.19. The van der Waals surface area contributed by atoms with Crippen LogP contribution in [-0.4, -0.2) is 24.7 Å². The lowest BCUT2D eigenvalue weighted by Crippen LogP contribution is -2.28. The highest BCUT2D eigenvalue weighted by atomic mass is 35.5. The van der Waals surface area contributed by atoms with Crippen molar-refractivity contribution in [3.05, 3.63) is 53.8 Å². The molecule has 0 bridgehead atoms. The Morgan fingerprint density at radius 2 is 1.96 bits per heavy atom. The summed E-state index contributed by atoms with van der Waals surface area (Å²) in [5.74, 6) is -0.348. The number of nitrogens with one attached hydrogen (secondary N) is 2. The van der Waals surface area contributed by atoms with Crippen molar-refractivity contribution in [2.75, 3.05) is 5.32 Å². The molecule has 2 heterocycles. The number of rotatable bonds is 4. The third-order valence-electron chi connectivity index (χ3n) is 2.95. The summed E-state index contributed by atoms with van der Waals surface area (Å²) in [4.78, 5) is 0.617. The Morgan fingerprint density at radius 1 is 1.20 bits per heavy atom. The Labute approximate surface area is 151 Å². The van der Waals surface area contributed by atoms with Gasteiger partial charge in [-0.1, -0.05) is 16.8 Å². The third-order valence-corrected chi connectivity index (χ3v) is 6.05. The van der Waals surface area contributed by atoms with Gasteiger partial charge in [0.15, 0.2) is 0 Å². The molecule has 0 radical (unpaired) electrons. The fourth-order valence-corrected chi connectivity index (χ4v) is 4.13. The van der Waals surface area contributed by atoms with Gasteiger partial charge in [-0.15, -0.1) is 15.7 Å². The van der Waals surface area contributed by atoms with Crippen molar-refractivity contribution < 1.29 is 18.1 Å². The van der Waals surface area contributed by atoms with Gasteiger partial charge in [-0.2, -0.15) is 8.42 Å². The van der Waals surface area contributed by atoms with Gasteiger partial charge in [-0.3, -0.25) is 5.21 Å². The molecule has 1 aromatic carbocycles. The van der Waals surface area contributed by atoms with Crippen LogP contribution in [0.25, 0.3) is 10.6 Å². The molecule has 0 aliphatic heterocycles. The van der Waals surface area contributed by atoms with Crippen LogP contribution in [0.2, 0.25) is 5.02 Å². The van der Waals surface area contributed by atoms with E-state index in [1.807, 2.05) is 0 Å². The number of halogens is 1. The molecule has 0 fully saturated rings. The first kappa shape index (κ1) is 17.4. The predicted molar refractivity (Wildman–Crippen MR) is 94.4 cm³/mol. The molecule has 0 aliphatic carbocycles. The molecule has 25 heavy (non-hydrogen) atoms. The summed E-state index contributed by atoms with van der Waals surface area (Å²) in [6, 6.07) is 11.1. The minimum absolute atomic E-state index is 0.00356. The monoisotopic (exact) mass is 398 g/mol. The number of nitrogens with zero attached hydrogens (tertiary/aromatic N) is 2. The SMILES string of the molecule is O=S(=O)(/N=C(\NO)Nc1ccc(Cl)cc1)c1ccc(-c2ccon2)s1. The number of benzene rings is 1. The lowest BCUT2D eigenvalue weighted by molar-refractivity contribution is 0.234. The van der Waals surface area contributed by atoms with E-state index in [0.29, 0.717) is 21.3 Å². The van der Waals surface area contributed by atoms with Gasteiger partial charge in [0.25, 0.3) is 10.0 Å². The molecule has 0 saturated heterocycles. The molecule has 3 rings (SSSR count). The van der Waals surface area contributed by atoms with Crippen LogP contribution in [0.15, 0.2) is 61.9 Å². The number of sulfonamides is 1. The van der Waals surface area contributed by atoms with Crippen LogP contribution >= 0.6 is 22.9 Å². The molecule has 0 spiro atoms. The molecule has 0 atom stereocenters. The average Bonchev–Trinajstić information content (AvgIpc) is 3.27. The number of aromatic nitrogens is 1. The van der Waals surface area contributed by atoms with Crippen LogP contribution in [0, 0.1) is 0 Å². The Hall–Kier alpha value is -2.40. The zero-order valence-electron chi connectivity index (χ0n) is 12.4. The summed E-state index contributed by atoms with van der Waals surface area (Å²) in [7, 11) is -4.03.